The molecule has 33 heavy (non-hydrogen) atoms. The van der Waals surface area contributed by atoms with Crippen LogP contribution in [0.3, 0.4) is 0 Å². The molecule has 0 spiro atoms. The van der Waals surface area contributed by atoms with Gasteiger partial charge in [0.1, 0.15) is 23.2 Å². The van der Waals surface area contributed by atoms with Crippen molar-refractivity contribution >= 4 is 17.6 Å². The quantitative estimate of drug-likeness (QED) is 0.634. The summed E-state index contributed by atoms with van der Waals surface area (Å²) in [5, 5.41) is 5.28. The third-order valence-corrected chi connectivity index (χ3v) is 5.59. The number of Topliss-reactive ketones (excluding diaryl/α,β-unsaturated/α-hetero) is 1. The number of ketones is 1. The minimum absolute atomic E-state index is 0.00828. The molecule has 0 radical (unpaired) electrons. The molecule has 3 rings (SSSR count). The van der Waals surface area contributed by atoms with Crippen LogP contribution in [-0.4, -0.2) is 48.7 Å². The summed E-state index contributed by atoms with van der Waals surface area (Å²) in [5.74, 6) is -3.15. The molecule has 1 aliphatic heterocycles. The summed E-state index contributed by atoms with van der Waals surface area (Å²) < 4.78 is 40.9. The second-order valence-electron chi connectivity index (χ2n) is 8.14. The van der Waals surface area contributed by atoms with E-state index in [-0.39, 0.29) is 48.4 Å². The van der Waals surface area contributed by atoms with Gasteiger partial charge in [0.15, 0.2) is 0 Å². The lowest BCUT2D eigenvalue weighted by Crippen LogP contribution is -2.43. The van der Waals surface area contributed by atoms with E-state index in [4.69, 9.17) is 0 Å². The van der Waals surface area contributed by atoms with Gasteiger partial charge in [0.25, 0.3) is 5.91 Å². The zero-order valence-corrected chi connectivity index (χ0v) is 18.3. The first kappa shape index (κ1) is 24.4. The maximum Gasteiger partial charge on any atom is 0.254 e. The smallest absolute Gasteiger partial charge is 0.254 e. The fourth-order valence-electron chi connectivity index (χ4n) is 3.83. The predicted octanol–water partition coefficient (Wildman–Crippen LogP) is 2.92. The van der Waals surface area contributed by atoms with Gasteiger partial charge in [-0.25, -0.2) is 13.2 Å². The summed E-state index contributed by atoms with van der Waals surface area (Å²) in [6.07, 6.45) is 1.52. The highest BCUT2D eigenvalue weighted by molar-refractivity contribution is 5.96. The monoisotopic (exact) mass is 461 g/mol. The Hall–Kier alpha value is -3.20. The second-order valence-corrected chi connectivity index (χ2v) is 8.14. The molecule has 9 heteroatoms. The number of carbonyl (C=O) groups excluding carboxylic acids is 3. The van der Waals surface area contributed by atoms with Gasteiger partial charge >= 0.3 is 0 Å². The van der Waals surface area contributed by atoms with Crippen LogP contribution in [0.15, 0.2) is 36.4 Å². The Labute approximate surface area is 190 Å². The Morgan fingerprint density at radius 2 is 1.82 bits per heavy atom. The Bertz CT molecular complexity index is 1040. The van der Waals surface area contributed by atoms with Gasteiger partial charge in [-0.15, -0.1) is 0 Å². The van der Waals surface area contributed by atoms with Gasteiger partial charge < -0.3 is 15.5 Å². The molecular weight excluding hydrogens is 435 g/mol. The van der Waals surface area contributed by atoms with Crippen molar-refractivity contribution in [3.63, 3.8) is 0 Å². The standard InChI is InChI=1S/C24H26F3N3O3/c1-15(31)11-29-24(33)20-9-16(5-7-21(20)26)18-3-2-8-30(14-18)23(32)13-28-12-17-4-6-19(25)10-22(17)27/h4-7,9-10,18,28H,2-3,8,11-14H2,1H3,(H,29,33). The van der Waals surface area contributed by atoms with Crippen LogP contribution < -0.4 is 10.6 Å². The summed E-state index contributed by atoms with van der Waals surface area (Å²) >= 11 is 0. The van der Waals surface area contributed by atoms with E-state index < -0.39 is 23.4 Å². The highest BCUT2D eigenvalue weighted by atomic mass is 19.1. The van der Waals surface area contributed by atoms with Crippen LogP contribution >= 0.6 is 0 Å². The average Bonchev–Trinajstić information content (AvgIpc) is 2.79. The largest absolute Gasteiger partial charge is 0.345 e. The topological polar surface area (TPSA) is 78.5 Å². The summed E-state index contributed by atoms with van der Waals surface area (Å²) in [6.45, 7) is 2.20. The lowest BCUT2D eigenvalue weighted by molar-refractivity contribution is -0.131. The molecule has 0 saturated carbocycles. The molecule has 1 atom stereocenters. The molecule has 2 amide bonds. The van der Waals surface area contributed by atoms with Crippen LogP contribution in [0.1, 0.15) is 47.2 Å². The van der Waals surface area contributed by atoms with Crippen molar-refractivity contribution in [2.45, 2.75) is 32.2 Å². The van der Waals surface area contributed by atoms with E-state index in [1.807, 2.05) is 0 Å². The van der Waals surface area contributed by atoms with Crippen molar-refractivity contribution in [1.29, 1.82) is 0 Å². The number of halogens is 3. The maximum absolute atomic E-state index is 14.2. The van der Waals surface area contributed by atoms with Crippen molar-refractivity contribution < 1.29 is 27.6 Å². The number of nitrogens with one attached hydrogen (secondary N) is 2. The summed E-state index contributed by atoms with van der Waals surface area (Å²) in [7, 11) is 0. The van der Waals surface area contributed by atoms with Crippen LogP contribution in [0, 0.1) is 17.5 Å². The van der Waals surface area contributed by atoms with E-state index in [1.165, 1.54) is 25.1 Å². The first-order valence-corrected chi connectivity index (χ1v) is 10.7. The molecule has 1 aliphatic rings. The normalized spacial score (nSPS) is 15.9. The van der Waals surface area contributed by atoms with Crippen molar-refractivity contribution in [1.82, 2.24) is 15.5 Å². The number of hydrogen-bond donors (Lipinski definition) is 2. The number of amides is 2. The molecule has 176 valence electrons. The summed E-state index contributed by atoms with van der Waals surface area (Å²) in [4.78, 5) is 37.6. The van der Waals surface area contributed by atoms with Crippen molar-refractivity contribution in [3.05, 3.63) is 70.5 Å². The number of hydrogen-bond acceptors (Lipinski definition) is 4. The van der Waals surface area contributed by atoms with Gasteiger partial charge in [-0.1, -0.05) is 12.1 Å². The van der Waals surface area contributed by atoms with E-state index in [0.717, 1.165) is 30.5 Å². The molecule has 0 aliphatic carbocycles. The van der Waals surface area contributed by atoms with E-state index >= 15 is 0 Å². The number of nitrogens with zero attached hydrogens (tertiary/aromatic N) is 1. The minimum atomic E-state index is -0.680. The molecule has 6 nitrogen and oxygen atoms in total. The van der Waals surface area contributed by atoms with Crippen molar-refractivity contribution in [3.8, 4) is 0 Å². The van der Waals surface area contributed by atoms with Crippen LogP contribution in [0.4, 0.5) is 13.2 Å². The van der Waals surface area contributed by atoms with Crippen molar-refractivity contribution in [2.75, 3.05) is 26.2 Å². The zero-order valence-electron chi connectivity index (χ0n) is 18.3. The van der Waals surface area contributed by atoms with Gasteiger partial charge in [-0.05, 0) is 43.5 Å². The Balaban J connectivity index is 1.59. The molecular formula is C24H26F3N3O3. The molecule has 2 aromatic rings. The molecule has 0 aromatic heterocycles. The molecule has 1 fully saturated rings. The van der Waals surface area contributed by atoms with Crippen LogP contribution in [0.5, 0.6) is 0 Å². The SMILES string of the molecule is CC(=O)CNC(=O)c1cc(C2CCCN(C(=O)CNCc3ccc(F)cc3F)C2)ccc1F. The van der Waals surface area contributed by atoms with E-state index in [2.05, 4.69) is 10.6 Å². The van der Waals surface area contributed by atoms with E-state index in [9.17, 15) is 27.6 Å². The zero-order chi connectivity index (χ0) is 24.0. The molecule has 1 unspecified atom stereocenters. The molecule has 1 heterocycles. The number of likely N-dealkylation sites (tertiary alicyclic amines) is 1. The van der Waals surface area contributed by atoms with Gasteiger partial charge in [-0.2, -0.15) is 0 Å². The third-order valence-electron chi connectivity index (χ3n) is 5.59. The van der Waals surface area contributed by atoms with Crippen LogP contribution in [-0.2, 0) is 16.1 Å². The molecule has 1 saturated heterocycles. The fourth-order valence-corrected chi connectivity index (χ4v) is 3.83. The summed E-state index contributed by atoms with van der Waals surface area (Å²) in [5.41, 5.74) is 0.867. The second kappa shape index (κ2) is 11.1. The fraction of sp³-hybridized carbons (Fsp3) is 0.375. The Morgan fingerprint density at radius 1 is 1.03 bits per heavy atom. The van der Waals surface area contributed by atoms with Gasteiger partial charge in [0.05, 0.1) is 18.7 Å². The number of piperidine rings is 1. The van der Waals surface area contributed by atoms with Crippen LogP contribution in [0.2, 0.25) is 0 Å². The molecule has 2 aromatic carbocycles. The lowest BCUT2D eigenvalue weighted by Gasteiger charge is -2.33. The average molecular weight is 461 g/mol. The number of benzene rings is 2. The molecule has 0 bridgehead atoms. The molecule has 2 N–H and O–H groups in total. The lowest BCUT2D eigenvalue weighted by atomic mass is 9.89. The highest BCUT2D eigenvalue weighted by Gasteiger charge is 2.26. The summed E-state index contributed by atoms with van der Waals surface area (Å²) in [6, 6.07) is 7.58. The Kier molecular flexibility index (Phi) is 8.21. The number of rotatable bonds is 8. The first-order valence-electron chi connectivity index (χ1n) is 10.7. The van der Waals surface area contributed by atoms with Gasteiger partial charge in [0.2, 0.25) is 5.91 Å². The van der Waals surface area contributed by atoms with Gasteiger partial charge in [0, 0.05) is 37.2 Å². The van der Waals surface area contributed by atoms with E-state index in [0.29, 0.717) is 13.1 Å². The minimum Gasteiger partial charge on any atom is -0.345 e. The van der Waals surface area contributed by atoms with Crippen molar-refractivity contribution in [2.24, 2.45) is 0 Å². The highest BCUT2D eigenvalue weighted by Crippen LogP contribution is 2.28. The predicted molar refractivity (Wildman–Crippen MR) is 116 cm³/mol. The van der Waals surface area contributed by atoms with E-state index in [1.54, 1.807) is 11.0 Å². The number of carbonyl (C=O) groups is 3. The maximum atomic E-state index is 14.2. The first-order chi connectivity index (χ1) is 15.7. The van der Waals surface area contributed by atoms with Crippen LogP contribution in [0.25, 0.3) is 0 Å². The Morgan fingerprint density at radius 3 is 2.55 bits per heavy atom. The third kappa shape index (κ3) is 6.64. The van der Waals surface area contributed by atoms with Gasteiger partial charge in [-0.3, -0.25) is 14.4 Å².